The maximum Gasteiger partial charge on any atom is 0.187 e. The molecule has 6 aromatic carbocycles. The van der Waals surface area contributed by atoms with Gasteiger partial charge in [-0.1, -0.05) is 103 Å². The van der Waals surface area contributed by atoms with Gasteiger partial charge in [0.2, 0.25) is 0 Å². The molecule has 2 heteroatoms. The average Bonchev–Trinajstić information content (AvgIpc) is 3.33. The Balaban J connectivity index is 1.49. The van der Waals surface area contributed by atoms with E-state index in [4.69, 9.17) is 11.0 Å². The second-order valence-electron chi connectivity index (χ2n) is 8.85. The number of hydrogen-bond donors (Lipinski definition) is 0. The third-order valence-corrected chi connectivity index (χ3v) is 6.88. The van der Waals surface area contributed by atoms with E-state index in [9.17, 15) is 0 Å². The highest BCUT2D eigenvalue weighted by molar-refractivity contribution is 6.28. The number of furan rings is 1. The number of benzene rings is 6. The van der Waals surface area contributed by atoms with Crippen LogP contribution in [0, 0.1) is 6.57 Å². The van der Waals surface area contributed by atoms with Crippen molar-refractivity contribution in [1.29, 1.82) is 0 Å². The molecule has 2 nitrogen and oxygen atoms in total. The molecule has 7 aromatic rings. The van der Waals surface area contributed by atoms with Gasteiger partial charge in [0.1, 0.15) is 11.2 Å². The third kappa shape index (κ3) is 3.03. The zero-order valence-electron chi connectivity index (χ0n) is 18.8. The summed E-state index contributed by atoms with van der Waals surface area (Å²) in [6.07, 6.45) is 0. The molecule has 0 atom stereocenters. The van der Waals surface area contributed by atoms with Crippen molar-refractivity contribution < 1.29 is 4.42 Å². The number of rotatable bonds is 2. The highest BCUT2D eigenvalue weighted by Crippen LogP contribution is 2.43. The van der Waals surface area contributed by atoms with Crippen molar-refractivity contribution in [1.82, 2.24) is 0 Å². The van der Waals surface area contributed by atoms with Gasteiger partial charge in [0.25, 0.3) is 0 Å². The first-order valence-electron chi connectivity index (χ1n) is 11.6. The van der Waals surface area contributed by atoms with Gasteiger partial charge >= 0.3 is 0 Å². The van der Waals surface area contributed by atoms with Crippen molar-refractivity contribution >= 4 is 49.2 Å². The lowest BCUT2D eigenvalue weighted by atomic mass is 9.94. The Morgan fingerprint density at radius 2 is 1.14 bits per heavy atom. The molecule has 0 unspecified atom stereocenters. The monoisotopic (exact) mass is 445 g/mol. The smallest absolute Gasteiger partial charge is 0.187 e. The maximum atomic E-state index is 7.17. The van der Waals surface area contributed by atoms with E-state index in [1.165, 1.54) is 32.3 Å². The molecule has 7 rings (SSSR count). The normalized spacial score (nSPS) is 11.4. The van der Waals surface area contributed by atoms with Gasteiger partial charge in [-0.25, -0.2) is 4.85 Å². The first-order valence-corrected chi connectivity index (χ1v) is 11.6. The van der Waals surface area contributed by atoms with Crippen molar-refractivity contribution in [3.8, 4) is 22.3 Å². The van der Waals surface area contributed by atoms with Crippen molar-refractivity contribution in [2.24, 2.45) is 0 Å². The number of nitrogens with zero attached hydrogens (tertiary/aromatic N) is 1. The van der Waals surface area contributed by atoms with Crippen LogP contribution >= 0.6 is 0 Å². The van der Waals surface area contributed by atoms with Crippen LogP contribution in [0.25, 0.3) is 70.6 Å². The zero-order chi connectivity index (χ0) is 23.4. The molecule has 1 heterocycles. The van der Waals surface area contributed by atoms with Crippen LogP contribution in [0.3, 0.4) is 0 Å². The molecule has 35 heavy (non-hydrogen) atoms. The van der Waals surface area contributed by atoms with Gasteiger partial charge in [-0.2, -0.15) is 0 Å². The van der Waals surface area contributed by atoms with Crippen LogP contribution in [-0.4, -0.2) is 0 Å². The Morgan fingerprint density at radius 1 is 0.543 bits per heavy atom. The third-order valence-electron chi connectivity index (χ3n) is 6.88. The minimum Gasteiger partial charge on any atom is -0.455 e. The maximum absolute atomic E-state index is 7.17. The van der Waals surface area contributed by atoms with Crippen LogP contribution in [-0.2, 0) is 0 Å². The second kappa shape index (κ2) is 7.58. The Labute approximate surface area is 202 Å². The highest BCUT2D eigenvalue weighted by atomic mass is 16.3. The van der Waals surface area contributed by atoms with Crippen LogP contribution in [0.4, 0.5) is 5.69 Å². The number of hydrogen-bond acceptors (Lipinski definition) is 1. The Kier molecular flexibility index (Phi) is 4.24. The molecule has 0 aliphatic carbocycles. The summed E-state index contributed by atoms with van der Waals surface area (Å²) < 4.78 is 6.57. The van der Waals surface area contributed by atoms with Crippen molar-refractivity contribution in [2.45, 2.75) is 0 Å². The van der Waals surface area contributed by atoms with Crippen LogP contribution in [0.5, 0.6) is 0 Å². The van der Waals surface area contributed by atoms with Crippen molar-refractivity contribution in [3.05, 3.63) is 127 Å². The summed E-state index contributed by atoms with van der Waals surface area (Å²) >= 11 is 0. The quantitative estimate of drug-likeness (QED) is 0.242. The molecule has 0 saturated carbocycles. The second-order valence-corrected chi connectivity index (χ2v) is 8.85. The van der Waals surface area contributed by atoms with Crippen LogP contribution in [0.15, 0.2) is 120 Å². The van der Waals surface area contributed by atoms with Gasteiger partial charge in [0, 0.05) is 16.3 Å². The first kappa shape index (κ1) is 19.6. The summed E-state index contributed by atoms with van der Waals surface area (Å²) in [7, 11) is 0. The molecule has 0 spiro atoms. The molecule has 0 radical (unpaired) electrons. The predicted molar refractivity (Wildman–Crippen MR) is 146 cm³/mol. The minimum atomic E-state index is 0.654. The fourth-order valence-corrected chi connectivity index (χ4v) is 5.17. The molecule has 0 fully saturated rings. The Hall–Kier alpha value is -4.87. The van der Waals surface area contributed by atoms with E-state index in [1.54, 1.807) is 0 Å². The molecule has 0 amide bonds. The van der Waals surface area contributed by atoms with E-state index in [-0.39, 0.29) is 0 Å². The highest BCUT2D eigenvalue weighted by Gasteiger charge is 2.18. The molecular formula is C33H19NO. The first-order chi connectivity index (χ1) is 17.3. The molecule has 0 bridgehead atoms. The summed E-state index contributed by atoms with van der Waals surface area (Å²) in [6, 6.07) is 39.9. The molecule has 0 saturated heterocycles. The van der Waals surface area contributed by atoms with Gasteiger partial charge in [-0.15, -0.1) is 0 Å². The fraction of sp³-hybridized carbons (Fsp3) is 0. The predicted octanol–water partition coefficient (Wildman–Crippen LogP) is 9.78. The number of fused-ring (bicyclic) bond motifs is 7. The fourth-order valence-electron chi connectivity index (χ4n) is 5.17. The largest absolute Gasteiger partial charge is 0.455 e. The Morgan fingerprint density at radius 3 is 1.86 bits per heavy atom. The zero-order valence-corrected chi connectivity index (χ0v) is 18.8. The van der Waals surface area contributed by atoms with E-state index in [2.05, 4.69) is 95.8 Å². The molecular weight excluding hydrogens is 426 g/mol. The van der Waals surface area contributed by atoms with Crippen molar-refractivity contribution in [2.75, 3.05) is 0 Å². The van der Waals surface area contributed by atoms with Gasteiger partial charge in [0.15, 0.2) is 5.69 Å². The molecule has 0 aliphatic rings. The van der Waals surface area contributed by atoms with E-state index in [0.717, 1.165) is 33.4 Å². The van der Waals surface area contributed by atoms with Gasteiger partial charge in [-0.05, 0) is 50.4 Å². The summed E-state index contributed by atoms with van der Waals surface area (Å²) in [5.41, 5.74) is 6.92. The topological polar surface area (TPSA) is 17.5 Å². The van der Waals surface area contributed by atoms with Crippen molar-refractivity contribution in [3.63, 3.8) is 0 Å². The molecule has 1 aromatic heterocycles. The molecule has 0 aliphatic heterocycles. The van der Waals surface area contributed by atoms with Gasteiger partial charge in [0.05, 0.1) is 6.57 Å². The summed E-state index contributed by atoms with van der Waals surface area (Å²) in [5, 5.41) is 7.17. The van der Waals surface area contributed by atoms with E-state index >= 15 is 0 Å². The van der Waals surface area contributed by atoms with Crippen LogP contribution in [0.1, 0.15) is 0 Å². The van der Waals surface area contributed by atoms with E-state index in [1.807, 2.05) is 24.3 Å². The van der Waals surface area contributed by atoms with Gasteiger partial charge in [-0.3, -0.25) is 0 Å². The lowest BCUT2D eigenvalue weighted by molar-refractivity contribution is 0.670. The summed E-state index contributed by atoms with van der Waals surface area (Å²) in [4.78, 5) is 3.49. The standard InChI is InChI=1S/C33H19NO/c1-34-26-17-14-22(15-18-26)21-10-12-24(13-11-21)29-20-25-7-3-5-9-28(25)32-31-27-8-4-2-6-23(27)16-19-30(31)35-33(29)32/h2-20H. The molecule has 0 N–H and O–H groups in total. The Bertz CT molecular complexity index is 1940. The lowest BCUT2D eigenvalue weighted by Gasteiger charge is -2.09. The van der Waals surface area contributed by atoms with Gasteiger partial charge < -0.3 is 4.42 Å². The summed E-state index contributed by atoms with van der Waals surface area (Å²) in [6.45, 7) is 7.17. The minimum absolute atomic E-state index is 0.654. The average molecular weight is 446 g/mol. The van der Waals surface area contributed by atoms with E-state index < -0.39 is 0 Å². The molecule has 162 valence electrons. The summed E-state index contributed by atoms with van der Waals surface area (Å²) in [5.74, 6) is 0. The SMILES string of the molecule is [C-]#[N+]c1ccc(-c2ccc(-c3cc4ccccc4c4c3oc3ccc5ccccc5c34)cc2)cc1. The van der Waals surface area contributed by atoms with Crippen LogP contribution < -0.4 is 0 Å². The van der Waals surface area contributed by atoms with E-state index in [0.29, 0.717) is 5.69 Å². The lowest BCUT2D eigenvalue weighted by Crippen LogP contribution is -1.84. The van der Waals surface area contributed by atoms with Crippen LogP contribution in [0.2, 0.25) is 0 Å².